The summed E-state index contributed by atoms with van der Waals surface area (Å²) in [6.45, 7) is 5.49. The number of aromatic nitrogens is 2. The van der Waals surface area contributed by atoms with Gasteiger partial charge in [0, 0.05) is 25.2 Å². The number of nitrogens with one attached hydrogen (secondary N) is 1. The van der Waals surface area contributed by atoms with Crippen molar-refractivity contribution in [3.63, 3.8) is 0 Å². The van der Waals surface area contributed by atoms with Crippen molar-refractivity contribution >= 4 is 33.4 Å². The minimum atomic E-state index is -0.284. The Morgan fingerprint density at radius 2 is 1.97 bits per heavy atom. The van der Waals surface area contributed by atoms with Crippen molar-refractivity contribution in [2.24, 2.45) is 0 Å². The number of fused-ring (bicyclic) bond motifs is 1. The maximum atomic E-state index is 13.0. The predicted molar refractivity (Wildman–Crippen MR) is 119 cm³/mol. The highest BCUT2D eigenvalue weighted by Crippen LogP contribution is 2.24. The number of hydrogen-bond acceptors (Lipinski definition) is 7. The van der Waals surface area contributed by atoms with Gasteiger partial charge in [-0.2, -0.15) is 0 Å². The molecule has 0 aliphatic rings. The molecule has 9 heteroatoms. The molecule has 0 radical (unpaired) electrons. The molecular formula is C21H26N4O4S. The van der Waals surface area contributed by atoms with Crippen molar-refractivity contribution < 1.29 is 14.3 Å². The van der Waals surface area contributed by atoms with E-state index in [-0.39, 0.29) is 24.6 Å². The fourth-order valence-electron chi connectivity index (χ4n) is 3.24. The molecule has 0 spiro atoms. The van der Waals surface area contributed by atoms with Crippen molar-refractivity contribution in [1.82, 2.24) is 14.9 Å². The first-order chi connectivity index (χ1) is 14.5. The highest BCUT2D eigenvalue weighted by Gasteiger charge is 2.18. The molecular weight excluding hydrogens is 404 g/mol. The molecule has 0 unspecified atom stereocenters. The Labute approximate surface area is 179 Å². The standard InChI is InChI=1S/C21H26N4O4S/c1-5-24(6-2)21-23-16-9-10-30-19(16)20(27)25(21)13-18(26)22-12-14-11-15(28-3)7-8-17(14)29-4/h7-11H,5-6,12-13H2,1-4H3,(H,22,26). The van der Waals surface area contributed by atoms with Crippen LogP contribution in [0.4, 0.5) is 5.95 Å². The molecule has 0 atom stereocenters. The summed E-state index contributed by atoms with van der Waals surface area (Å²) in [7, 11) is 3.16. The Hall–Kier alpha value is -3.07. The molecule has 8 nitrogen and oxygen atoms in total. The van der Waals surface area contributed by atoms with Crippen LogP contribution in [-0.2, 0) is 17.9 Å². The Morgan fingerprint density at radius 3 is 2.63 bits per heavy atom. The number of carbonyl (C=O) groups is 1. The first kappa shape index (κ1) is 21.6. The largest absolute Gasteiger partial charge is 0.497 e. The van der Waals surface area contributed by atoms with Gasteiger partial charge in [-0.3, -0.25) is 14.2 Å². The molecule has 3 rings (SSSR count). The Kier molecular flexibility index (Phi) is 6.94. The molecule has 1 N–H and O–H groups in total. The van der Waals surface area contributed by atoms with Gasteiger partial charge in [0.25, 0.3) is 5.56 Å². The van der Waals surface area contributed by atoms with E-state index in [1.807, 2.05) is 36.3 Å². The average Bonchev–Trinajstić information content (AvgIpc) is 3.24. The monoisotopic (exact) mass is 430 g/mol. The van der Waals surface area contributed by atoms with Crippen LogP contribution >= 0.6 is 11.3 Å². The quantitative estimate of drug-likeness (QED) is 0.562. The summed E-state index contributed by atoms with van der Waals surface area (Å²) in [6.07, 6.45) is 0. The molecule has 1 amide bonds. The molecule has 2 aromatic heterocycles. The third kappa shape index (κ3) is 4.40. The lowest BCUT2D eigenvalue weighted by molar-refractivity contribution is -0.121. The number of amides is 1. The third-order valence-corrected chi connectivity index (χ3v) is 5.75. The molecule has 3 aromatic rings. The minimum Gasteiger partial charge on any atom is -0.497 e. The van der Waals surface area contributed by atoms with E-state index in [0.717, 1.165) is 5.56 Å². The van der Waals surface area contributed by atoms with Gasteiger partial charge in [0.2, 0.25) is 11.9 Å². The lowest BCUT2D eigenvalue weighted by Gasteiger charge is -2.23. The number of ether oxygens (including phenoxy) is 2. The summed E-state index contributed by atoms with van der Waals surface area (Å²) in [5, 5.41) is 4.71. The van der Waals surface area contributed by atoms with Gasteiger partial charge in [-0.15, -0.1) is 11.3 Å². The van der Waals surface area contributed by atoms with E-state index < -0.39 is 0 Å². The number of methoxy groups -OCH3 is 2. The number of rotatable bonds is 9. The van der Waals surface area contributed by atoms with Crippen molar-refractivity contribution in [3.8, 4) is 11.5 Å². The van der Waals surface area contributed by atoms with Crippen molar-refractivity contribution in [2.45, 2.75) is 26.9 Å². The van der Waals surface area contributed by atoms with Gasteiger partial charge < -0.3 is 19.7 Å². The van der Waals surface area contributed by atoms with Crippen LogP contribution in [0.2, 0.25) is 0 Å². The first-order valence-electron chi connectivity index (χ1n) is 9.72. The van der Waals surface area contributed by atoms with Crippen LogP contribution in [0.15, 0.2) is 34.4 Å². The average molecular weight is 431 g/mol. The summed E-state index contributed by atoms with van der Waals surface area (Å²) >= 11 is 1.33. The number of hydrogen-bond donors (Lipinski definition) is 1. The number of nitrogens with zero attached hydrogens (tertiary/aromatic N) is 3. The van der Waals surface area contributed by atoms with Crippen LogP contribution in [0.5, 0.6) is 11.5 Å². The molecule has 1 aromatic carbocycles. The normalized spacial score (nSPS) is 10.8. The number of carbonyl (C=O) groups excluding carboxylic acids is 1. The maximum Gasteiger partial charge on any atom is 0.273 e. The number of anilines is 1. The smallest absolute Gasteiger partial charge is 0.273 e. The molecule has 160 valence electrons. The Bertz CT molecular complexity index is 1090. The summed E-state index contributed by atoms with van der Waals surface area (Å²) in [6, 6.07) is 7.22. The van der Waals surface area contributed by atoms with Gasteiger partial charge >= 0.3 is 0 Å². The predicted octanol–water partition coefficient (Wildman–Crippen LogP) is 2.64. The fraction of sp³-hybridized carbons (Fsp3) is 0.381. The summed E-state index contributed by atoms with van der Waals surface area (Å²) in [5.74, 6) is 1.55. The minimum absolute atomic E-state index is 0.113. The molecule has 30 heavy (non-hydrogen) atoms. The van der Waals surface area contributed by atoms with Gasteiger partial charge in [-0.05, 0) is 43.5 Å². The van der Waals surface area contributed by atoms with Crippen LogP contribution in [0, 0.1) is 0 Å². The van der Waals surface area contributed by atoms with Crippen LogP contribution in [0.3, 0.4) is 0 Å². The first-order valence-corrected chi connectivity index (χ1v) is 10.6. The second-order valence-corrected chi connectivity index (χ2v) is 7.48. The van der Waals surface area contributed by atoms with Gasteiger partial charge in [0.1, 0.15) is 22.7 Å². The molecule has 0 fully saturated rings. The number of benzene rings is 1. The van der Waals surface area contributed by atoms with E-state index in [1.54, 1.807) is 26.4 Å². The summed E-state index contributed by atoms with van der Waals surface area (Å²) < 4.78 is 12.6. The van der Waals surface area contributed by atoms with E-state index >= 15 is 0 Å². The van der Waals surface area contributed by atoms with E-state index in [9.17, 15) is 9.59 Å². The van der Waals surface area contributed by atoms with Crippen molar-refractivity contribution in [1.29, 1.82) is 0 Å². The zero-order valence-electron chi connectivity index (χ0n) is 17.6. The summed E-state index contributed by atoms with van der Waals surface area (Å²) in [5.41, 5.74) is 1.24. The Morgan fingerprint density at radius 1 is 1.20 bits per heavy atom. The third-order valence-electron chi connectivity index (χ3n) is 4.86. The van der Waals surface area contributed by atoms with Crippen LogP contribution < -0.4 is 25.2 Å². The van der Waals surface area contributed by atoms with Gasteiger partial charge in [-0.25, -0.2) is 4.98 Å². The fourth-order valence-corrected chi connectivity index (χ4v) is 4.01. The zero-order valence-corrected chi connectivity index (χ0v) is 18.4. The van der Waals surface area contributed by atoms with Crippen molar-refractivity contribution in [2.75, 3.05) is 32.2 Å². The van der Waals surface area contributed by atoms with Gasteiger partial charge in [0.05, 0.1) is 19.7 Å². The highest BCUT2D eigenvalue weighted by molar-refractivity contribution is 7.17. The van der Waals surface area contributed by atoms with Crippen molar-refractivity contribution in [3.05, 3.63) is 45.6 Å². The second-order valence-electron chi connectivity index (χ2n) is 6.56. The number of thiophene rings is 1. The lowest BCUT2D eigenvalue weighted by Crippen LogP contribution is -2.37. The van der Waals surface area contributed by atoms with Crippen LogP contribution in [0.25, 0.3) is 10.2 Å². The highest BCUT2D eigenvalue weighted by atomic mass is 32.1. The summed E-state index contributed by atoms with van der Waals surface area (Å²) in [4.78, 5) is 32.4. The van der Waals surface area contributed by atoms with Crippen LogP contribution in [-0.4, -0.2) is 42.8 Å². The van der Waals surface area contributed by atoms with E-state index in [1.165, 1.54) is 15.9 Å². The van der Waals surface area contributed by atoms with Gasteiger partial charge in [-0.1, -0.05) is 0 Å². The SMILES string of the molecule is CCN(CC)c1nc2ccsc2c(=O)n1CC(=O)NCc1cc(OC)ccc1OC. The van der Waals surface area contributed by atoms with E-state index in [2.05, 4.69) is 10.3 Å². The van der Waals surface area contributed by atoms with Crippen LogP contribution in [0.1, 0.15) is 19.4 Å². The molecule has 0 aliphatic carbocycles. The maximum absolute atomic E-state index is 13.0. The topological polar surface area (TPSA) is 85.7 Å². The molecule has 2 heterocycles. The Balaban J connectivity index is 1.85. The second kappa shape index (κ2) is 9.62. The molecule has 0 saturated heterocycles. The lowest BCUT2D eigenvalue weighted by atomic mass is 10.2. The van der Waals surface area contributed by atoms with Gasteiger partial charge in [0.15, 0.2) is 0 Å². The molecule has 0 bridgehead atoms. The zero-order chi connectivity index (χ0) is 21.7. The van der Waals surface area contributed by atoms with E-state index in [0.29, 0.717) is 40.8 Å². The molecule has 0 saturated carbocycles. The van der Waals surface area contributed by atoms with E-state index in [4.69, 9.17) is 9.47 Å². The molecule has 0 aliphatic heterocycles.